The van der Waals surface area contributed by atoms with Gasteiger partial charge < -0.3 is 0 Å². The third-order valence-corrected chi connectivity index (χ3v) is 3.30. The molecule has 0 saturated heterocycles. The molecule has 0 fully saturated rings. The zero-order valence-corrected chi connectivity index (χ0v) is 14.0. The van der Waals surface area contributed by atoms with Gasteiger partial charge in [-0.1, -0.05) is 107 Å². The summed E-state index contributed by atoms with van der Waals surface area (Å²) < 4.78 is 0. The van der Waals surface area contributed by atoms with Crippen LogP contribution in [0.5, 0.6) is 0 Å². The van der Waals surface area contributed by atoms with E-state index in [0.717, 1.165) is 0 Å². The van der Waals surface area contributed by atoms with Crippen molar-refractivity contribution in [2.45, 2.75) is 64.7 Å². The second-order valence-electron chi connectivity index (χ2n) is 5.32. The Morgan fingerprint density at radius 1 is 0.636 bits per heavy atom. The lowest BCUT2D eigenvalue weighted by Crippen LogP contribution is -1.79. The summed E-state index contributed by atoms with van der Waals surface area (Å²) in [5, 5.41) is 0. The molecular weight excluding hydrogens is 268 g/mol. The monoisotopic (exact) mass is 299 g/mol. The molecule has 0 bridgehead atoms. The van der Waals surface area contributed by atoms with Crippen molar-refractivity contribution in [3.05, 3.63) is 60.8 Å². The summed E-state index contributed by atoms with van der Waals surface area (Å²) in [7, 11) is 0. The van der Waals surface area contributed by atoms with E-state index in [4.69, 9.17) is 0 Å². The fraction of sp³-hybridized carbons (Fsp3) is 0.476. The van der Waals surface area contributed by atoms with Gasteiger partial charge in [0.2, 0.25) is 6.29 Å². The number of hydrogen-bond acceptors (Lipinski definition) is 1. The molecule has 0 amide bonds. The molecule has 0 N–H and O–H groups in total. The van der Waals surface area contributed by atoms with Crippen molar-refractivity contribution in [3.8, 4) is 0 Å². The molecule has 1 radical (unpaired) electrons. The molecule has 0 atom stereocenters. The lowest BCUT2D eigenvalue weighted by molar-refractivity contribution is 0.564. The molecule has 0 saturated carbocycles. The van der Waals surface area contributed by atoms with E-state index in [-0.39, 0.29) is 0 Å². The summed E-state index contributed by atoms with van der Waals surface area (Å²) in [5.41, 5.74) is 0. The van der Waals surface area contributed by atoms with Crippen molar-refractivity contribution < 1.29 is 4.79 Å². The van der Waals surface area contributed by atoms with Crippen LogP contribution in [0.25, 0.3) is 0 Å². The topological polar surface area (TPSA) is 17.1 Å². The van der Waals surface area contributed by atoms with Crippen LogP contribution in [0, 0.1) is 0 Å². The van der Waals surface area contributed by atoms with Crippen LogP contribution < -0.4 is 0 Å². The largest absolute Gasteiger partial charge is 0.286 e. The van der Waals surface area contributed by atoms with Gasteiger partial charge in [-0.3, -0.25) is 4.79 Å². The highest BCUT2D eigenvalue weighted by Crippen LogP contribution is 2.09. The minimum Gasteiger partial charge on any atom is -0.286 e. The Morgan fingerprint density at radius 3 is 1.73 bits per heavy atom. The SMILES string of the molecule is CCCCCCCCCCC=CC=CC=CC=CC=C[C]=O. The summed E-state index contributed by atoms with van der Waals surface area (Å²) in [5.74, 6) is 0. The Bertz CT molecular complexity index is 369. The first-order chi connectivity index (χ1) is 10.9. The van der Waals surface area contributed by atoms with Crippen molar-refractivity contribution in [1.82, 2.24) is 0 Å². The number of hydrogen-bond donors (Lipinski definition) is 0. The highest BCUT2D eigenvalue weighted by molar-refractivity contribution is 5.66. The first kappa shape index (κ1) is 20.4. The van der Waals surface area contributed by atoms with Gasteiger partial charge in [0.25, 0.3) is 0 Å². The first-order valence-electron chi connectivity index (χ1n) is 8.61. The van der Waals surface area contributed by atoms with Gasteiger partial charge in [-0.05, 0) is 18.9 Å². The quantitative estimate of drug-likeness (QED) is 0.206. The first-order valence-corrected chi connectivity index (χ1v) is 8.61. The summed E-state index contributed by atoms with van der Waals surface area (Å²) in [6.07, 6.45) is 32.8. The Balaban J connectivity index is 3.41. The number of allylic oxidation sites excluding steroid dienone is 10. The van der Waals surface area contributed by atoms with Crippen LogP contribution in [0.1, 0.15) is 64.7 Å². The van der Waals surface area contributed by atoms with Crippen LogP contribution in [-0.2, 0) is 4.79 Å². The maximum absolute atomic E-state index is 9.89. The van der Waals surface area contributed by atoms with Crippen LogP contribution in [0.4, 0.5) is 0 Å². The van der Waals surface area contributed by atoms with Gasteiger partial charge in [-0.2, -0.15) is 0 Å². The smallest absolute Gasteiger partial charge is 0.225 e. The standard InChI is InChI=1S/C21H31O/c1-2-3-4-5-6-7-8-9-10-11-12-13-14-15-16-17-18-19-20-21-22/h11-20H,2-10H2,1H3. The average Bonchev–Trinajstić information content (AvgIpc) is 2.54. The lowest BCUT2D eigenvalue weighted by atomic mass is 10.1. The molecule has 0 aliphatic rings. The van der Waals surface area contributed by atoms with Gasteiger partial charge in [0.05, 0.1) is 0 Å². The van der Waals surface area contributed by atoms with Crippen molar-refractivity contribution in [2.75, 3.05) is 0 Å². The van der Waals surface area contributed by atoms with Gasteiger partial charge in [-0.15, -0.1) is 0 Å². The van der Waals surface area contributed by atoms with E-state index in [1.54, 1.807) is 18.4 Å². The van der Waals surface area contributed by atoms with E-state index >= 15 is 0 Å². The predicted molar refractivity (Wildman–Crippen MR) is 98.6 cm³/mol. The zero-order chi connectivity index (χ0) is 16.1. The van der Waals surface area contributed by atoms with Crippen LogP contribution >= 0.6 is 0 Å². The maximum atomic E-state index is 9.89. The molecule has 0 rings (SSSR count). The fourth-order valence-corrected chi connectivity index (χ4v) is 2.05. The Labute approximate surface area is 137 Å². The van der Waals surface area contributed by atoms with E-state index in [1.165, 1.54) is 63.9 Å². The molecule has 0 heterocycles. The zero-order valence-electron chi connectivity index (χ0n) is 14.0. The minimum absolute atomic E-state index is 1.18. The molecule has 0 unspecified atom stereocenters. The fourth-order valence-electron chi connectivity index (χ4n) is 2.05. The molecule has 22 heavy (non-hydrogen) atoms. The van der Waals surface area contributed by atoms with Gasteiger partial charge in [-0.25, -0.2) is 0 Å². The minimum atomic E-state index is 1.18. The van der Waals surface area contributed by atoms with Gasteiger partial charge >= 0.3 is 0 Å². The van der Waals surface area contributed by atoms with Crippen LogP contribution in [0.2, 0.25) is 0 Å². The molecule has 121 valence electrons. The third-order valence-electron chi connectivity index (χ3n) is 3.30. The highest BCUT2D eigenvalue weighted by atomic mass is 16.1. The van der Waals surface area contributed by atoms with E-state index in [0.29, 0.717) is 0 Å². The number of rotatable bonds is 14. The third kappa shape index (κ3) is 18.4. The number of unbranched alkanes of at least 4 members (excludes halogenated alkanes) is 8. The predicted octanol–water partition coefficient (Wildman–Crippen LogP) is 6.41. The molecule has 1 nitrogen and oxygen atoms in total. The van der Waals surface area contributed by atoms with Crippen LogP contribution in [0.15, 0.2) is 60.8 Å². The van der Waals surface area contributed by atoms with Crippen LogP contribution in [0.3, 0.4) is 0 Å². The Morgan fingerprint density at radius 2 is 1.14 bits per heavy atom. The van der Waals surface area contributed by atoms with Crippen LogP contribution in [-0.4, -0.2) is 6.29 Å². The van der Waals surface area contributed by atoms with E-state index in [1.807, 2.05) is 30.4 Å². The molecule has 0 aromatic heterocycles. The van der Waals surface area contributed by atoms with Crippen molar-refractivity contribution >= 4 is 6.29 Å². The molecular formula is C21H31O. The normalized spacial score (nSPS) is 12.8. The molecule has 0 spiro atoms. The van der Waals surface area contributed by atoms with Gasteiger partial charge in [0.1, 0.15) is 0 Å². The highest BCUT2D eigenvalue weighted by Gasteiger charge is 1.89. The van der Waals surface area contributed by atoms with Crippen molar-refractivity contribution in [2.24, 2.45) is 0 Å². The summed E-state index contributed by atoms with van der Waals surface area (Å²) in [6, 6.07) is 0. The summed E-state index contributed by atoms with van der Waals surface area (Å²) in [6.45, 7) is 2.26. The molecule has 1 heteroatoms. The van der Waals surface area contributed by atoms with Gasteiger partial charge in [0.15, 0.2) is 0 Å². The second-order valence-corrected chi connectivity index (χ2v) is 5.32. The van der Waals surface area contributed by atoms with Crippen molar-refractivity contribution in [3.63, 3.8) is 0 Å². The molecule has 0 aromatic rings. The second kappa shape index (κ2) is 19.4. The number of carbonyl (C=O) groups excluding carboxylic acids is 1. The molecule has 0 aliphatic heterocycles. The Kier molecular flexibility index (Phi) is 17.9. The van der Waals surface area contributed by atoms with Gasteiger partial charge in [0, 0.05) is 0 Å². The van der Waals surface area contributed by atoms with E-state index in [2.05, 4.69) is 19.1 Å². The van der Waals surface area contributed by atoms with E-state index in [9.17, 15) is 4.79 Å². The summed E-state index contributed by atoms with van der Waals surface area (Å²) >= 11 is 0. The van der Waals surface area contributed by atoms with E-state index < -0.39 is 0 Å². The van der Waals surface area contributed by atoms with Crippen molar-refractivity contribution in [1.29, 1.82) is 0 Å². The molecule has 0 aliphatic carbocycles. The maximum Gasteiger partial charge on any atom is 0.225 e. The Hall–Kier alpha value is -1.63. The molecule has 0 aromatic carbocycles. The average molecular weight is 299 g/mol. The lowest BCUT2D eigenvalue weighted by Gasteiger charge is -1.99. The summed E-state index contributed by atoms with van der Waals surface area (Å²) in [4.78, 5) is 9.89.